The number of aryl methyl sites for hydroxylation is 2. The van der Waals surface area contributed by atoms with Crippen LogP contribution in [-0.4, -0.2) is 24.6 Å². The van der Waals surface area contributed by atoms with Gasteiger partial charge in [-0.15, -0.1) is 5.10 Å². The van der Waals surface area contributed by atoms with Crippen LogP contribution in [0, 0.1) is 18.6 Å². The van der Waals surface area contributed by atoms with Gasteiger partial charge in [-0.25, -0.2) is 23.7 Å². The van der Waals surface area contributed by atoms with Crippen LogP contribution in [0.5, 0.6) is 0 Å². The van der Waals surface area contributed by atoms with E-state index in [4.69, 9.17) is 17.3 Å². The minimum Gasteiger partial charge on any atom is -0.368 e. The predicted molar refractivity (Wildman–Crippen MR) is 103 cm³/mol. The van der Waals surface area contributed by atoms with Crippen LogP contribution >= 0.6 is 11.6 Å². The molecule has 0 radical (unpaired) electrons. The standard InChI is InChI=1S/C19H15ClF2N6/c1-3-15-25-18-16(10-6-9(2)24-14(20)7-10)17(26-19(23)28(18)27-15)12-5-4-11(21)8-13(12)22/h4-8H,3H2,1-2H3,(H2,23,26). The molecule has 3 heterocycles. The average Bonchev–Trinajstić information content (AvgIpc) is 3.05. The van der Waals surface area contributed by atoms with Crippen LogP contribution in [-0.2, 0) is 6.42 Å². The quantitative estimate of drug-likeness (QED) is 0.520. The number of benzene rings is 1. The lowest BCUT2D eigenvalue weighted by Gasteiger charge is -2.13. The first-order chi connectivity index (χ1) is 13.4. The topological polar surface area (TPSA) is 82.0 Å². The number of nitrogens with two attached hydrogens (primary N) is 1. The lowest BCUT2D eigenvalue weighted by atomic mass is 10.00. The van der Waals surface area contributed by atoms with E-state index in [-0.39, 0.29) is 22.4 Å². The first-order valence-electron chi connectivity index (χ1n) is 8.52. The number of hydrogen-bond donors (Lipinski definition) is 1. The van der Waals surface area contributed by atoms with Gasteiger partial charge in [0, 0.05) is 23.7 Å². The van der Waals surface area contributed by atoms with Gasteiger partial charge in [0.1, 0.15) is 16.8 Å². The van der Waals surface area contributed by atoms with Gasteiger partial charge in [0.15, 0.2) is 11.5 Å². The van der Waals surface area contributed by atoms with E-state index in [1.54, 1.807) is 19.1 Å². The Bertz CT molecular complexity index is 1200. The van der Waals surface area contributed by atoms with E-state index < -0.39 is 11.6 Å². The van der Waals surface area contributed by atoms with Crippen LogP contribution in [0.3, 0.4) is 0 Å². The molecule has 4 rings (SSSR count). The molecule has 6 nitrogen and oxygen atoms in total. The number of nitrogen functional groups attached to an aromatic ring is 1. The molecule has 0 saturated heterocycles. The van der Waals surface area contributed by atoms with Crippen LogP contribution < -0.4 is 5.73 Å². The Labute approximate surface area is 164 Å². The summed E-state index contributed by atoms with van der Waals surface area (Å²) in [6, 6.07) is 6.69. The maximum absolute atomic E-state index is 14.6. The molecule has 2 N–H and O–H groups in total. The highest BCUT2D eigenvalue weighted by atomic mass is 35.5. The van der Waals surface area contributed by atoms with Crippen LogP contribution in [0.2, 0.25) is 5.15 Å². The molecule has 1 aromatic carbocycles. The van der Waals surface area contributed by atoms with Gasteiger partial charge in [-0.1, -0.05) is 18.5 Å². The fraction of sp³-hybridized carbons (Fsp3) is 0.158. The summed E-state index contributed by atoms with van der Waals surface area (Å²) in [4.78, 5) is 13.1. The number of halogens is 3. The zero-order valence-corrected chi connectivity index (χ0v) is 15.8. The Morgan fingerprint density at radius 3 is 2.57 bits per heavy atom. The largest absolute Gasteiger partial charge is 0.368 e. The maximum Gasteiger partial charge on any atom is 0.223 e. The molecule has 142 valence electrons. The number of aromatic nitrogens is 5. The molecule has 0 amide bonds. The number of hydrogen-bond acceptors (Lipinski definition) is 5. The first kappa shape index (κ1) is 18.2. The highest BCUT2D eigenvalue weighted by Gasteiger charge is 2.22. The second-order valence-corrected chi connectivity index (χ2v) is 6.64. The predicted octanol–water partition coefficient (Wildman–Crippen LogP) is 4.24. The fourth-order valence-electron chi connectivity index (χ4n) is 3.06. The second-order valence-electron chi connectivity index (χ2n) is 6.25. The van der Waals surface area contributed by atoms with Gasteiger partial charge in [0.2, 0.25) is 5.95 Å². The molecule has 0 fully saturated rings. The van der Waals surface area contributed by atoms with E-state index in [1.807, 2.05) is 6.92 Å². The Balaban J connectivity index is 2.14. The molecule has 0 spiro atoms. The third-order valence-electron chi connectivity index (χ3n) is 4.27. The van der Waals surface area contributed by atoms with E-state index in [0.717, 1.165) is 12.1 Å². The average molecular weight is 401 g/mol. The molecule has 0 unspecified atom stereocenters. The van der Waals surface area contributed by atoms with Crippen molar-refractivity contribution in [1.82, 2.24) is 24.6 Å². The van der Waals surface area contributed by atoms with Crippen molar-refractivity contribution in [2.24, 2.45) is 0 Å². The minimum atomic E-state index is -0.760. The Morgan fingerprint density at radius 2 is 1.89 bits per heavy atom. The molecule has 0 saturated carbocycles. The van der Waals surface area contributed by atoms with Crippen molar-refractivity contribution in [1.29, 1.82) is 0 Å². The van der Waals surface area contributed by atoms with Gasteiger partial charge in [-0.3, -0.25) is 0 Å². The lowest BCUT2D eigenvalue weighted by Crippen LogP contribution is -2.06. The van der Waals surface area contributed by atoms with Crippen molar-refractivity contribution in [3.05, 3.63) is 58.6 Å². The molecular weight excluding hydrogens is 386 g/mol. The molecule has 9 heteroatoms. The van der Waals surface area contributed by atoms with Crippen molar-refractivity contribution in [2.45, 2.75) is 20.3 Å². The van der Waals surface area contributed by atoms with Crippen LogP contribution in [0.25, 0.3) is 28.0 Å². The molecule has 0 aliphatic heterocycles. The maximum atomic E-state index is 14.6. The summed E-state index contributed by atoms with van der Waals surface area (Å²) < 4.78 is 29.4. The van der Waals surface area contributed by atoms with Crippen LogP contribution in [0.1, 0.15) is 18.4 Å². The molecule has 28 heavy (non-hydrogen) atoms. The van der Waals surface area contributed by atoms with Crippen molar-refractivity contribution in [3.8, 4) is 22.4 Å². The van der Waals surface area contributed by atoms with Crippen molar-refractivity contribution < 1.29 is 8.78 Å². The summed E-state index contributed by atoms with van der Waals surface area (Å²) in [5.74, 6) is -0.843. The summed E-state index contributed by atoms with van der Waals surface area (Å²) in [7, 11) is 0. The summed E-state index contributed by atoms with van der Waals surface area (Å²) in [6.07, 6.45) is 0.580. The summed E-state index contributed by atoms with van der Waals surface area (Å²) in [5.41, 5.74) is 8.57. The van der Waals surface area contributed by atoms with Crippen LogP contribution in [0.4, 0.5) is 14.7 Å². The minimum absolute atomic E-state index is 0.0431. The highest BCUT2D eigenvalue weighted by Crippen LogP contribution is 2.37. The van der Waals surface area contributed by atoms with Gasteiger partial charge in [-0.05, 0) is 36.8 Å². The summed E-state index contributed by atoms with van der Waals surface area (Å²) >= 11 is 6.14. The van der Waals surface area contributed by atoms with Crippen LogP contribution in [0.15, 0.2) is 30.3 Å². The Hall–Kier alpha value is -3.13. The smallest absolute Gasteiger partial charge is 0.223 e. The summed E-state index contributed by atoms with van der Waals surface area (Å²) in [5, 5.41) is 4.62. The van der Waals surface area contributed by atoms with Gasteiger partial charge in [0.25, 0.3) is 0 Å². The van der Waals surface area contributed by atoms with Gasteiger partial charge >= 0.3 is 0 Å². The van der Waals surface area contributed by atoms with E-state index >= 15 is 0 Å². The second kappa shape index (κ2) is 6.79. The Kier molecular flexibility index (Phi) is 4.43. The third-order valence-corrected chi connectivity index (χ3v) is 4.46. The summed E-state index contributed by atoms with van der Waals surface area (Å²) in [6.45, 7) is 3.70. The molecule has 0 aliphatic carbocycles. The van der Waals surface area contributed by atoms with Crippen molar-refractivity contribution in [3.63, 3.8) is 0 Å². The van der Waals surface area contributed by atoms with E-state index in [2.05, 4.69) is 20.1 Å². The van der Waals surface area contributed by atoms with E-state index in [0.29, 0.717) is 34.7 Å². The number of rotatable bonds is 3. The van der Waals surface area contributed by atoms with Gasteiger partial charge in [0.05, 0.1) is 11.3 Å². The normalized spacial score (nSPS) is 11.3. The number of nitrogens with zero attached hydrogens (tertiary/aromatic N) is 5. The number of anilines is 1. The molecule has 0 atom stereocenters. The van der Waals surface area contributed by atoms with Gasteiger partial charge < -0.3 is 5.73 Å². The fourth-order valence-corrected chi connectivity index (χ4v) is 3.32. The Morgan fingerprint density at radius 1 is 1.11 bits per heavy atom. The first-order valence-corrected chi connectivity index (χ1v) is 8.90. The SMILES string of the molecule is CCc1nc2c(-c3cc(C)nc(Cl)c3)c(-c3ccc(F)cc3F)nc(N)n2n1. The highest BCUT2D eigenvalue weighted by molar-refractivity contribution is 6.29. The third kappa shape index (κ3) is 3.05. The van der Waals surface area contributed by atoms with E-state index in [9.17, 15) is 8.78 Å². The van der Waals surface area contributed by atoms with E-state index in [1.165, 1.54) is 10.6 Å². The lowest BCUT2D eigenvalue weighted by molar-refractivity contribution is 0.585. The molecular formula is C19H15ClF2N6. The molecule has 0 aliphatic rings. The zero-order chi connectivity index (χ0) is 20.0. The molecule has 0 bridgehead atoms. The van der Waals surface area contributed by atoms with Crippen molar-refractivity contribution in [2.75, 3.05) is 5.73 Å². The molecule has 4 aromatic rings. The van der Waals surface area contributed by atoms with Gasteiger partial charge in [-0.2, -0.15) is 4.52 Å². The van der Waals surface area contributed by atoms with Crippen molar-refractivity contribution >= 4 is 23.2 Å². The zero-order valence-electron chi connectivity index (χ0n) is 15.0. The number of fused-ring (bicyclic) bond motifs is 1. The monoisotopic (exact) mass is 400 g/mol. The molecule has 3 aromatic heterocycles. The number of pyridine rings is 1.